The largest absolute Gasteiger partial charge is 0.479 e. The highest BCUT2D eigenvalue weighted by Crippen LogP contribution is 2.40. The van der Waals surface area contributed by atoms with Crippen LogP contribution in [0.25, 0.3) is 0 Å². The van der Waals surface area contributed by atoms with E-state index in [0.29, 0.717) is 35.6 Å². The number of carboxylic acid groups (broad SMARTS) is 1. The molecule has 3 aliphatic rings. The van der Waals surface area contributed by atoms with Gasteiger partial charge in [0.25, 0.3) is 6.33 Å². The van der Waals surface area contributed by atoms with E-state index in [1.807, 2.05) is 30.0 Å². The number of aliphatic carboxylic acids is 1. The van der Waals surface area contributed by atoms with Crippen molar-refractivity contribution in [2.45, 2.75) is 81.4 Å². The fourth-order valence-electron chi connectivity index (χ4n) is 9.62. The number of halogens is 8. The number of aliphatic hydroxyl groups is 3. The molecule has 1 fully saturated rings. The zero-order chi connectivity index (χ0) is 62.1. The monoisotopic (exact) mass is 1220 g/mol. The quantitative estimate of drug-likeness (QED) is 0.00837. The molecule has 0 aliphatic carbocycles. The van der Waals surface area contributed by atoms with Crippen LogP contribution in [0.1, 0.15) is 58.6 Å². The lowest BCUT2D eigenvalue weighted by Gasteiger charge is -2.38. The zero-order valence-electron chi connectivity index (χ0n) is 45.5. The number of anilines is 3. The van der Waals surface area contributed by atoms with Crippen molar-refractivity contribution in [2.24, 2.45) is 0 Å². The lowest BCUT2D eigenvalue weighted by atomic mass is 9.92. The molecule has 0 saturated carbocycles. The summed E-state index contributed by atoms with van der Waals surface area (Å²) in [4.78, 5) is 69.3. The Kier molecular flexibility index (Phi) is 20.6. The Morgan fingerprint density at radius 3 is 2.15 bits per heavy atom. The van der Waals surface area contributed by atoms with Gasteiger partial charge in [-0.15, -0.1) is 9.14 Å². The van der Waals surface area contributed by atoms with Crippen LogP contribution in [0.15, 0.2) is 67.0 Å². The number of fused-ring (bicyclic) bond motifs is 2. The van der Waals surface area contributed by atoms with Gasteiger partial charge in [0.05, 0.1) is 63.7 Å². The Morgan fingerprint density at radius 2 is 1.47 bits per heavy atom. The van der Waals surface area contributed by atoms with Gasteiger partial charge >= 0.3 is 23.9 Å². The first-order valence-corrected chi connectivity index (χ1v) is 26.5. The number of hydrogen-bond donors (Lipinski definition) is 7. The highest BCUT2D eigenvalue weighted by atomic mass is 19.4. The number of rotatable bonds is 25. The molecule has 8 rings (SSSR count). The number of nitrogen functional groups attached to an aromatic ring is 1. The molecule has 0 spiro atoms. The van der Waals surface area contributed by atoms with Gasteiger partial charge in [0.15, 0.2) is 24.4 Å². The highest BCUT2D eigenvalue weighted by molar-refractivity contribution is 5.97. The van der Waals surface area contributed by atoms with Gasteiger partial charge < -0.3 is 70.1 Å². The van der Waals surface area contributed by atoms with E-state index in [0.717, 1.165) is 23.3 Å². The molecule has 4 heterocycles. The Bertz CT molecular complexity index is 3380. The molecule has 1 saturated heterocycles. The third-order valence-corrected chi connectivity index (χ3v) is 13.9. The second kappa shape index (κ2) is 27.8. The molecule has 5 aromatic rings. The summed E-state index contributed by atoms with van der Waals surface area (Å²) >= 11 is 0. The minimum absolute atomic E-state index is 0.00114. The van der Waals surface area contributed by atoms with Crippen LogP contribution in [0.4, 0.5) is 58.1 Å². The maximum Gasteiger partial charge on any atom is 0.453 e. The van der Waals surface area contributed by atoms with Gasteiger partial charge in [-0.2, -0.15) is 26.9 Å². The van der Waals surface area contributed by atoms with E-state index in [2.05, 4.69) is 20.4 Å². The summed E-state index contributed by atoms with van der Waals surface area (Å²) in [6.07, 6.45) is -11.7. The van der Waals surface area contributed by atoms with Crippen molar-refractivity contribution >= 4 is 58.9 Å². The van der Waals surface area contributed by atoms with Crippen LogP contribution >= 0.6 is 0 Å². The molecular weight excluding hydrogens is 1160 g/mol. The lowest BCUT2D eigenvalue weighted by Crippen LogP contribution is -2.61. The van der Waals surface area contributed by atoms with Crippen molar-refractivity contribution in [3.05, 3.63) is 129 Å². The molecule has 8 N–H and O–H groups in total. The Labute approximate surface area is 483 Å². The SMILES string of the molecule is C[N+]1=CC(c2ccc3c(c2)CCN3C(=O)Cc2cccc(C(F)(F)F)c2)c2c(N)nc[n+](Cc3ccc(O[C@@H]4O[C@H](C(=O)O)[C@@H](O)[C@H](O)[C@H]4O)c(NC(=O)CCNC(=O)CCOCCOCCOCCC(=O)Oc4c(F)c(F)c(F)c(F)c4F)c3)c21. The van der Waals surface area contributed by atoms with Crippen LogP contribution < -0.4 is 35.3 Å². The Morgan fingerprint density at radius 1 is 0.791 bits per heavy atom. The molecule has 6 atom stereocenters. The van der Waals surface area contributed by atoms with E-state index in [1.54, 1.807) is 21.6 Å². The number of esters is 1. The maximum absolute atomic E-state index is 13.7. The number of nitrogens with zero attached hydrogens (tertiary/aromatic N) is 4. The molecule has 4 aromatic carbocycles. The molecule has 3 aliphatic heterocycles. The van der Waals surface area contributed by atoms with Gasteiger partial charge in [0, 0.05) is 37.2 Å². The van der Waals surface area contributed by atoms with Crippen LogP contribution in [0.3, 0.4) is 0 Å². The molecule has 30 heteroatoms. The van der Waals surface area contributed by atoms with Crippen molar-refractivity contribution in [1.82, 2.24) is 10.3 Å². The summed E-state index contributed by atoms with van der Waals surface area (Å²) in [6, 6.07) is 14.7. The molecule has 86 heavy (non-hydrogen) atoms. The number of benzene rings is 4. The minimum atomic E-state index is -4.56. The molecule has 0 bridgehead atoms. The van der Waals surface area contributed by atoms with Gasteiger partial charge in [0.1, 0.15) is 42.8 Å². The van der Waals surface area contributed by atoms with E-state index >= 15 is 0 Å². The van der Waals surface area contributed by atoms with E-state index in [1.165, 1.54) is 30.6 Å². The minimum Gasteiger partial charge on any atom is -0.479 e. The topological polar surface area (TPSA) is 295 Å². The number of carbonyl (C=O) groups is 5. The third-order valence-electron chi connectivity index (χ3n) is 13.9. The summed E-state index contributed by atoms with van der Waals surface area (Å²) in [6.45, 7) is -0.0928. The fourth-order valence-corrected chi connectivity index (χ4v) is 9.62. The first kappa shape index (κ1) is 63.8. The van der Waals surface area contributed by atoms with E-state index in [4.69, 9.17) is 29.4 Å². The number of nitrogens with two attached hydrogens (primary N) is 1. The van der Waals surface area contributed by atoms with Gasteiger partial charge in [-0.3, -0.25) is 19.2 Å². The van der Waals surface area contributed by atoms with E-state index < -0.39 is 113 Å². The van der Waals surface area contributed by atoms with Crippen LogP contribution in [0.5, 0.6) is 11.5 Å². The van der Waals surface area contributed by atoms with Crippen LogP contribution in [0, 0.1) is 29.1 Å². The van der Waals surface area contributed by atoms with Crippen LogP contribution in [-0.2, 0) is 68.5 Å². The van der Waals surface area contributed by atoms with Crippen molar-refractivity contribution in [1.29, 1.82) is 0 Å². The molecule has 0 radical (unpaired) electrons. The highest BCUT2D eigenvalue weighted by Gasteiger charge is 2.49. The van der Waals surface area contributed by atoms with Crippen LogP contribution in [0.2, 0.25) is 0 Å². The molecule has 22 nitrogen and oxygen atoms in total. The van der Waals surface area contributed by atoms with E-state index in [9.17, 15) is 79.5 Å². The Balaban J connectivity index is 0.842. The number of amides is 3. The van der Waals surface area contributed by atoms with Gasteiger partial charge in [0.2, 0.25) is 58.8 Å². The second-order valence-electron chi connectivity index (χ2n) is 19.8. The van der Waals surface area contributed by atoms with Crippen molar-refractivity contribution in [3.8, 4) is 11.5 Å². The fraction of sp³-hybridized carbons (Fsp3) is 0.393. The maximum atomic E-state index is 13.7. The average Bonchev–Trinajstić information content (AvgIpc) is 1.96. The normalized spacial score (nSPS) is 18.9. The number of nitrogens with one attached hydrogen (secondary N) is 2. The number of hydrogen-bond acceptors (Lipinski definition) is 16. The summed E-state index contributed by atoms with van der Waals surface area (Å²) < 4.78 is 142. The molecule has 3 amide bonds. The number of carbonyl (C=O) groups excluding carboxylic acids is 4. The summed E-state index contributed by atoms with van der Waals surface area (Å²) in [5.74, 6) is -17.5. The second-order valence-corrected chi connectivity index (χ2v) is 19.8. The summed E-state index contributed by atoms with van der Waals surface area (Å²) in [7, 11) is 1.81. The molecular formula is C56H57F8N7O15+2. The number of alkyl halides is 3. The average molecular weight is 1220 g/mol. The number of carboxylic acids is 1. The molecule has 1 aromatic heterocycles. The zero-order valence-corrected chi connectivity index (χ0v) is 45.5. The van der Waals surface area contributed by atoms with E-state index in [-0.39, 0.29) is 101 Å². The van der Waals surface area contributed by atoms with Crippen molar-refractivity contribution in [2.75, 3.05) is 75.7 Å². The van der Waals surface area contributed by atoms with Crippen molar-refractivity contribution in [3.63, 3.8) is 0 Å². The van der Waals surface area contributed by atoms with Gasteiger partial charge in [-0.05, 0) is 53.4 Å². The first-order valence-electron chi connectivity index (χ1n) is 26.5. The number of aliphatic hydroxyl groups excluding tert-OH is 3. The third kappa shape index (κ3) is 15.0. The lowest BCUT2D eigenvalue weighted by molar-refractivity contribution is -0.732. The molecule has 1 unspecified atom stereocenters. The first-order chi connectivity index (χ1) is 40.9. The number of ether oxygens (including phenoxy) is 6. The van der Waals surface area contributed by atoms with Gasteiger partial charge in [-0.1, -0.05) is 30.3 Å². The van der Waals surface area contributed by atoms with Gasteiger partial charge in [-0.25, -0.2) is 18.0 Å². The molecule has 460 valence electrons. The Hall–Kier alpha value is -8.26. The summed E-state index contributed by atoms with van der Waals surface area (Å²) in [5, 5.41) is 46.4. The predicted molar refractivity (Wildman–Crippen MR) is 281 cm³/mol. The standard InChI is InChI=1S/C56H55F8N7O15/c1-69-26-33(30-6-7-35-31(24-30)10-14-71(35)39(74)23-28-3-2-4-32(21-28)56(62,63)64)41-52(65)67-27-70(53(41)69)25-29-5-8-36(84-55-49(78)47(76)48(77)51(86-55)54(79)80)34(22-29)68-38(73)9-13-66-37(72)11-15-81-17-19-83-20-18-82-16-12-40(75)85-50-45(60)43(58)42(57)44(59)46(50)61/h2-8,21-22,24,26-27,33,47-49,51,55,65,76-78H,9-20,23,25H2,1H3,(H2-,66,68,72,73,79,80)/p+2/t33?,47-,48-,49+,51-,55+/m0/s1. The number of aromatic nitrogens is 2. The van der Waals surface area contributed by atoms with Crippen molar-refractivity contribution < 1.29 is 117 Å². The van der Waals surface area contributed by atoms with Crippen LogP contribution in [-0.4, -0.2) is 156 Å². The summed E-state index contributed by atoms with van der Waals surface area (Å²) in [5.41, 5.74) is 9.43. The smallest absolute Gasteiger partial charge is 0.453 e. The predicted octanol–water partition coefficient (Wildman–Crippen LogP) is 3.49.